The molecule has 1 heterocycles. The van der Waals surface area contributed by atoms with Crippen molar-refractivity contribution in [3.8, 4) is 17.2 Å². The summed E-state index contributed by atoms with van der Waals surface area (Å²) >= 11 is 0. The summed E-state index contributed by atoms with van der Waals surface area (Å²) in [6, 6.07) is 11.5. The van der Waals surface area contributed by atoms with Gasteiger partial charge in [-0.25, -0.2) is 4.79 Å². The Morgan fingerprint density at radius 2 is 1.37 bits per heavy atom. The molecule has 1 saturated heterocycles. The van der Waals surface area contributed by atoms with E-state index in [-0.39, 0.29) is 42.0 Å². The quantitative estimate of drug-likeness (QED) is 0.120. The Labute approximate surface area is 272 Å². The lowest BCUT2D eigenvalue weighted by Crippen LogP contribution is -2.60. The van der Waals surface area contributed by atoms with Gasteiger partial charge in [0.05, 0.1) is 31.6 Å². The molecule has 0 radical (unpaired) electrons. The largest absolute Gasteiger partial charge is 0.494 e. The molecule has 0 spiro atoms. The van der Waals surface area contributed by atoms with Gasteiger partial charge >= 0.3 is 23.9 Å². The highest BCUT2D eigenvalue weighted by Gasteiger charge is 2.44. The maximum absolute atomic E-state index is 12.6. The lowest BCUT2D eigenvalue weighted by Gasteiger charge is -2.53. The highest BCUT2D eigenvalue weighted by molar-refractivity contribution is 5.91. The summed E-state index contributed by atoms with van der Waals surface area (Å²) in [5, 5.41) is 0. The van der Waals surface area contributed by atoms with Gasteiger partial charge in [-0.05, 0) is 115 Å². The standard InChI is InChI=1S/C36H49NO9/c1-25-22-29(44-26(2)38)16-17-31(25)46-34(41)27-12-14-28(15-13-27)42-20-10-8-9-11-21-43-32(39)18-19-33(40)45-30-23-35(3,4)37(7)36(5,6)24-30/h12-17,22,30H,8-11,18-21,23-24H2,1-7H3. The lowest BCUT2D eigenvalue weighted by molar-refractivity contribution is -0.161. The summed E-state index contributed by atoms with van der Waals surface area (Å²) in [7, 11) is 2.10. The third-order valence-corrected chi connectivity index (χ3v) is 8.37. The number of carbonyl (C=O) groups is 4. The van der Waals surface area contributed by atoms with Gasteiger partial charge in [-0.3, -0.25) is 19.3 Å². The molecule has 10 heteroatoms. The number of piperidine rings is 1. The minimum atomic E-state index is -0.503. The molecule has 0 N–H and O–H groups in total. The highest BCUT2D eigenvalue weighted by atomic mass is 16.6. The predicted octanol–water partition coefficient (Wildman–Crippen LogP) is 6.60. The van der Waals surface area contributed by atoms with Gasteiger partial charge in [-0.15, -0.1) is 0 Å². The molecule has 0 bridgehead atoms. The second kappa shape index (κ2) is 16.6. The van der Waals surface area contributed by atoms with E-state index in [0.29, 0.717) is 41.6 Å². The van der Waals surface area contributed by atoms with Crippen LogP contribution in [0, 0.1) is 6.92 Å². The van der Waals surface area contributed by atoms with Crippen molar-refractivity contribution < 1.29 is 42.9 Å². The van der Waals surface area contributed by atoms with Crippen molar-refractivity contribution in [1.82, 2.24) is 4.90 Å². The van der Waals surface area contributed by atoms with E-state index in [4.69, 9.17) is 23.7 Å². The van der Waals surface area contributed by atoms with Gasteiger partial charge in [0, 0.05) is 30.8 Å². The maximum Gasteiger partial charge on any atom is 0.343 e. The number of hydrogen-bond donors (Lipinski definition) is 0. The Morgan fingerprint density at radius 3 is 1.98 bits per heavy atom. The molecule has 0 aliphatic carbocycles. The zero-order valence-corrected chi connectivity index (χ0v) is 28.3. The van der Waals surface area contributed by atoms with E-state index in [2.05, 4.69) is 39.6 Å². The number of likely N-dealkylation sites (tertiary alicyclic amines) is 1. The Hall–Kier alpha value is -3.92. The van der Waals surface area contributed by atoms with E-state index in [9.17, 15) is 19.2 Å². The van der Waals surface area contributed by atoms with Gasteiger partial charge in [0.2, 0.25) is 0 Å². The second-order valence-corrected chi connectivity index (χ2v) is 13.1. The molecule has 1 aliphatic heterocycles. The van der Waals surface area contributed by atoms with Gasteiger partial charge < -0.3 is 23.7 Å². The van der Waals surface area contributed by atoms with Gasteiger partial charge in [-0.2, -0.15) is 0 Å². The molecule has 0 atom stereocenters. The van der Waals surface area contributed by atoms with E-state index in [1.165, 1.54) is 6.92 Å². The number of carbonyl (C=O) groups excluding carboxylic acids is 4. The van der Waals surface area contributed by atoms with Crippen molar-refractivity contribution in [2.75, 3.05) is 20.3 Å². The molecule has 2 aromatic carbocycles. The van der Waals surface area contributed by atoms with Crippen LogP contribution in [0.5, 0.6) is 17.2 Å². The van der Waals surface area contributed by atoms with E-state index >= 15 is 0 Å². The number of nitrogens with zero attached hydrogens (tertiary/aromatic N) is 1. The third kappa shape index (κ3) is 11.5. The van der Waals surface area contributed by atoms with Crippen LogP contribution in [0.1, 0.15) is 102 Å². The van der Waals surface area contributed by atoms with Crippen molar-refractivity contribution in [3.05, 3.63) is 53.6 Å². The minimum absolute atomic E-state index is 0.0208. The van der Waals surface area contributed by atoms with Crippen LogP contribution in [-0.2, 0) is 23.9 Å². The summed E-state index contributed by atoms with van der Waals surface area (Å²) in [6.07, 6.45) is 4.76. The van der Waals surface area contributed by atoms with Crippen LogP contribution in [0.25, 0.3) is 0 Å². The number of esters is 4. The van der Waals surface area contributed by atoms with Crippen molar-refractivity contribution in [2.24, 2.45) is 0 Å². The van der Waals surface area contributed by atoms with E-state index in [0.717, 1.165) is 38.5 Å². The molecule has 2 aromatic rings. The van der Waals surface area contributed by atoms with Crippen LogP contribution >= 0.6 is 0 Å². The van der Waals surface area contributed by atoms with Crippen molar-refractivity contribution in [2.45, 2.75) is 110 Å². The average molecular weight is 640 g/mol. The smallest absolute Gasteiger partial charge is 0.343 e. The number of aryl methyl sites for hydroxylation is 1. The topological polar surface area (TPSA) is 118 Å². The first-order valence-corrected chi connectivity index (χ1v) is 16.0. The molecule has 1 fully saturated rings. The summed E-state index contributed by atoms with van der Waals surface area (Å²) in [6.45, 7) is 12.5. The van der Waals surface area contributed by atoms with Crippen LogP contribution in [0.2, 0.25) is 0 Å². The molecule has 1 aliphatic rings. The Morgan fingerprint density at radius 1 is 0.783 bits per heavy atom. The molecule has 46 heavy (non-hydrogen) atoms. The van der Waals surface area contributed by atoms with Gasteiger partial charge in [0.25, 0.3) is 0 Å². The normalized spacial score (nSPS) is 15.9. The number of ether oxygens (including phenoxy) is 5. The summed E-state index contributed by atoms with van der Waals surface area (Å²) in [5.74, 6) is -0.249. The SMILES string of the molecule is CC(=O)Oc1ccc(OC(=O)c2ccc(OCCCCCCOC(=O)CCC(=O)OC3CC(C)(C)N(C)C(C)(C)C3)cc2)c(C)c1. The summed E-state index contributed by atoms with van der Waals surface area (Å²) in [4.78, 5) is 50.5. The van der Waals surface area contributed by atoms with Gasteiger partial charge in [0.15, 0.2) is 0 Å². The molecule has 0 unspecified atom stereocenters. The van der Waals surface area contributed by atoms with E-state index in [1.807, 2.05) is 0 Å². The average Bonchev–Trinajstić information content (AvgIpc) is 2.97. The summed E-state index contributed by atoms with van der Waals surface area (Å²) in [5.41, 5.74) is 0.893. The number of benzene rings is 2. The Kier molecular flexibility index (Phi) is 13.2. The number of hydrogen-bond acceptors (Lipinski definition) is 10. The van der Waals surface area contributed by atoms with E-state index in [1.54, 1.807) is 49.4 Å². The molecule has 252 valence electrons. The van der Waals surface area contributed by atoms with Crippen LogP contribution < -0.4 is 14.2 Å². The van der Waals surface area contributed by atoms with Crippen molar-refractivity contribution >= 4 is 23.9 Å². The molecule has 0 aromatic heterocycles. The number of unbranched alkanes of at least 4 members (excludes halogenated alkanes) is 3. The summed E-state index contributed by atoms with van der Waals surface area (Å²) < 4.78 is 27.3. The van der Waals surface area contributed by atoms with Crippen LogP contribution in [0.15, 0.2) is 42.5 Å². The van der Waals surface area contributed by atoms with Gasteiger partial charge in [-0.1, -0.05) is 0 Å². The maximum atomic E-state index is 12.6. The third-order valence-electron chi connectivity index (χ3n) is 8.37. The molecule has 3 rings (SSSR count). The molecular formula is C36H49NO9. The first kappa shape index (κ1) is 36.5. The van der Waals surface area contributed by atoms with Crippen LogP contribution in [0.4, 0.5) is 0 Å². The van der Waals surface area contributed by atoms with Crippen molar-refractivity contribution in [3.63, 3.8) is 0 Å². The molecule has 10 nitrogen and oxygen atoms in total. The molecular weight excluding hydrogens is 590 g/mol. The van der Waals surface area contributed by atoms with Crippen LogP contribution in [0.3, 0.4) is 0 Å². The zero-order chi connectivity index (χ0) is 33.9. The highest BCUT2D eigenvalue weighted by Crippen LogP contribution is 2.38. The Balaban J connectivity index is 1.24. The second-order valence-electron chi connectivity index (χ2n) is 13.1. The first-order chi connectivity index (χ1) is 21.7. The molecule has 0 saturated carbocycles. The molecule has 0 amide bonds. The minimum Gasteiger partial charge on any atom is -0.494 e. The predicted molar refractivity (Wildman–Crippen MR) is 173 cm³/mol. The first-order valence-electron chi connectivity index (χ1n) is 16.0. The van der Waals surface area contributed by atoms with E-state index < -0.39 is 11.9 Å². The fraction of sp³-hybridized carbons (Fsp3) is 0.556. The van der Waals surface area contributed by atoms with Gasteiger partial charge in [0.1, 0.15) is 23.4 Å². The fourth-order valence-electron chi connectivity index (χ4n) is 5.63. The monoisotopic (exact) mass is 639 g/mol. The number of rotatable bonds is 15. The fourth-order valence-corrected chi connectivity index (χ4v) is 5.63. The van der Waals surface area contributed by atoms with Crippen molar-refractivity contribution in [1.29, 1.82) is 0 Å². The zero-order valence-electron chi connectivity index (χ0n) is 28.3. The lowest BCUT2D eigenvalue weighted by atomic mass is 9.79. The van der Waals surface area contributed by atoms with Crippen LogP contribution in [-0.4, -0.2) is 66.2 Å². The Bertz CT molecular complexity index is 1330.